The van der Waals surface area contributed by atoms with Crippen molar-refractivity contribution in [2.45, 2.75) is 53.4 Å². The van der Waals surface area contributed by atoms with Gasteiger partial charge in [-0.1, -0.05) is 44.2 Å². The molecule has 2 heterocycles. The largest absolute Gasteiger partial charge is 0.302 e. The van der Waals surface area contributed by atoms with Gasteiger partial charge in [0, 0.05) is 35.5 Å². The summed E-state index contributed by atoms with van der Waals surface area (Å²) in [7, 11) is 0. The first-order valence-corrected chi connectivity index (χ1v) is 9.91. The van der Waals surface area contributed by atoms with Crippen molar-refractivity contribution in [1.82, 2.24) is 4.98 Å². The fraction of sp³-hybridized carbons (Fsp3) is 0.360. The van der Waals surface area contributed by atoms with Crippen LogP contribution in [0.2, 0.25) is 0 Å². The topological polar surface area (TPSA) is 33.2 Å². The van der Waals surface area contributed by atoms with E-state index in [1.54, 1.807) is 0 Å². The Hall–Kier alpha value is -2.68. The molecule has 3 heteroatoms. The lowest BCUT2D eigenvalue weighted by Crippen LogP contribution is -2.38. The Morgan fingerprint density at radius 3 is 2.50 bits per heavy atom. The van der Waals surface area contributed by atoms with Gasteiger partial charge in [0.15, 0.2) is 5.78 Å². The van der Waals surface area contributed by atoms with Crippen LogP contribution >= 0.6 is 0 Å². The first-order chi connectivity index (χ1) is 13.3. The highest BCUT2D eigenvalue weighted by Gasteiger charge is 2.41. The molecule has 1 atom stereocenters. The zero-order chi connectivity index (χ0) is 20.1. The molecule has 0 saturated carbocycles. The summed E-state index contributed by atoms with van der Waals surface area (Å²) in [6.07, 6.45) is 6.92. The molecule has 0 spiro atoms. The Kier molecular flexibility index (Phi) is 4.49. The van der Waals surface area contributed by atoms with E-state index in [4.69, 9.17) is 0 Å². The molecule has 1 aromatic heterocycles. The van der Waals surface area contributed by atoms with Crippen molar-refractivity contribution >= 4 is 11.6 Å². The zero-order valence-corrected chi connectivity index (χ0v) is 17.3. The second-order valence-electron chi connectivity index (χ2n) is 8.85. The van der Waals surface area contributed by atoms with E-state index in [9.17, 15) is 4.79 Å². The third-order valence-electron chi connectivity index (χ3n) is 5.77. The molecule has 2 aromatic rings. The van der Waals surface area contributed by atoms with Crippen LogP contribution in [-0.2, 0) is 4.79 Å². The zero-order valence-electron chi connectivity index (χ0n) is 17.3. The molecule has 0 amide bonds. The van der Waals surface area contributed by atoms with E-state index in [1.807, 2.05) is 31.3 Å². The van der Waals surface area contributed by atoms with Crippen molar-refractivity contribution in [2.75, 3.05) is 4.90 Å². The number of nitrogens with zero attached hydrogens (tertiary/aromatic N) is 2. The maximum absolute atomic E-state index is 13.3. The van der Waals surface area contributed by atoms with Crippen molar-refractivity contribution in [3.05, 3.63) is 82.3 Å². The highest BCUT2D eigenvalue weighted by Crippen LogP contribution is 2.48. The molecule has 1 aliphatic heterocycles. The SMILES string of the molecule is CC1=[C]C(c2ccccc2C)C2=C(CC(C)(C)CC2=O)N1c1ccc(C)cn1. The summed E-state index contributed by atoms with van der Waals surface area (Å²) in [4.78, 5) is 20.1. The minimum atomic E-state index is -0.110. The summed E-state index contributed by atoms with van der Waals surface area (Å²) in [6, 6.07) is 12.4. The van der Waals surface area contributed by atoms with Gasteiger partial charge in [-0.2, -0.15) is 0 Å². The molecular formula is C25H27N2O. The molecule has 143 valence electrons. The lowest BCUT2D eigenvalue weighted by molar-refractivity contribution is -0.118. The third-order valence-corrected chi connectivity index (χ3v) is 5.77. The number of hydrogen-bond acceptors (Lipinski definition) is 3. The van der Waals surface area contributed by atoms with Gasteiger partial charge in [0.05, 0.1) is 0 Å². The number of pyridine rings is 1. The van der Waals surface area contributed by atoms with Gasteiger partial charge in [-0.3, -0.25) is 4.79 Å². The Morgan fingerprint density at radius 1 is 1.07 bits per heavy atom. The Labute approximate surface area is 167 Å². The van der Waals surface area contributed by atoms with Gasteiger partial charge in [0.1, 0.15) is 5.82 Å². The molecule has 1 aliphatic carbocycles. The molecule has 0 saturated heterocycles. The van der Waals surface area contributed by atoms with Crippen molar-refractivity contribution in [3.63, 3.8) is 0 Å². The number of benzene rings is 1. The lowest BCUT2D eigenvalue weighted by atomic mass is 9.70. The minimum absolute atomic E-state index is 0.0627. The molecule has 0 fully saturated rings. The van der Waals surface area contributed by atoms with Gasteiger partial charge in [-0.15, -0.1) is 0 Å². The van der Waals surface area contributed by atoms with E-state index in [0.717, 1.165) is 34.8 Å². The van der Waals surface area contributed by atoms with Crippen LogP contribution in [0.25, 0.3) is 0 Å². The highest BCUT2D eigenvalue weighted by atomic mass is 16.1. The predicted octanol–water partition coefficient (Wildman–Crippen LogP) is 5.65. The average molecular weight is 372 g/mol. The Bertz CT molecular complexity index is 995. The monoisotopic (exact) mass is 371 g/mol. The number of anilines is 1. The van der Waals surface area contributed by atoms with Crippen LogP contribution in [0.5, 0.6) is 0 Å². The van der Waals surface area contributed by atoms with Crippen molar-refractivity contribution in [2.24, 2.45) is 5.41 Å². The number of aromatic nitrogens is 1. The summed E-state index contributed by atoms with van der Waals surface area (Å²) < 4.78 is 0. The van der Waals surface area contributed by atoms with Gasteiger partial charge < -0.3 is 4.90 Å². The molecule has 28 heavy (non-hydrogen) atoms. The second-order valence-corrected chi connectivity index (χ2v) is 8.85. The van der Waals surface area contributed by atoms with E-state index < -0.39 is 0 Å². The standard InChI is InChI=1S/C25H27N2O/c1-16-10-11-23(26-15-16)27-18(3)12-20(19-9-7-6-8-17(19)2)24-21(27)13-25(4,5)14-22(24)28/h6-11,15,20H,13-14H2,1-5H3. The fourth-order valence-corrected chi connectivity index (χ4v) is 4.42. The third kappa shape index (κ3) is 3.19. The number of carbonyl (C=O) groups is 1. The quantitative estimate of drug-likeness (QED) is 0.684. The Morgan fingerprint density at radius 2 is 1.82 bits per heavy atom. The number of rotatable bonds is 2. The van der Waals surface area contributed by atoms with E-state index >= 15 is 0 Å². The van der Waals surface area contributed by atoms with Crippen molar-refractivity contribution < 1.29 is 4.79 Å². The van der Waals surface area contributed by atoms with E-state index in [-0.39, 0.29) is 17.1 Å². The number of Topliss-reactive ketones (excluding diaryl/α,β-unsaturated/α-hetero) is 1. The fourth-order valence-electron chi connectivity index (χ4n) is 4.42. The molecule has 1 radical (unpaired) electrons. The number of hydrogen-bond donors (Lipinski definition) is 0. The van der Waals surface area contributed by atoms with Crippen LogP contribution in [0.1, 0.15) is 56.2 Å². The Balaban J connectivity index is 1.92. The van der Waals surface area contributed by atoms with Crippen LogP contribution in [0.4, 0.5) is 5.82 Å². The maximum Gasteiger partial charge on any atom is 0.162 e. The molecule has 2 aliphatic rings. The molecule has 0 N–H and O–H groups in total. The van der Waals surface area contributed by atoms with E-state index in [2.05, 4.69) is 61.9 Å². The molecule has 0 bridgehead atoms. The van der Waals surface area contributed by atoms with Crippen LogP contribution < -0.4 is 4.90 Å². The summed E-state index contributed by atoms with van der Waals surface area (Å²) in [5.41, 5.74) is 6.40. The summed E-state index contributed by atoms with van der Waals surface area (Å²) in [5, 5.41) is 0. The minimum Gasteiger partial charge on any atom is -0.302 e. The summed E-state index contributed by atoms with van der Waals surface area (Å²) in [5.74, 6) is 0.981. The summed E-state index contributed by atoms with van der Waals surface area (Å²) in [6.45, 7) is 10.6. The smallest absolute Gasteiger partial charge is 0.162 e. The molecule has 4 rings (SSSR count). The molecular weight excluding hydrogens is 344 g/mol. The van der Waals surface area contributed by atoms with E-state index in [0.29, 0.717) is 6.42 Å². The highest BCUT2D eigenvalue weighted by molar-refractivity contribution is 6.00. The molecule has 1 unspecified atom stereocenters. The van der Waals surface area contributed by atoms with Crippen LogP contribution in [0.3, 0.4) is 0 Å². The van der Waals surface area contributed by atoms with Gasteiger partial charge >= 0.3 is 0 Å². The normalized spacial score (nSPS) is 21.5. The summed E-state index contributed by atoms with van der Waals surface area (Å²) >= 11 is 0. The molecule has 1 aromatic carbocycles. The first-order valence-electron chi connectivity index (χ1n) is 9.91. The maximum atomic E-state index is 13.3. The average Bonchev–Trinajstić information content (AvgIpc) is 2.61. The number of allylic oxidation sites excluding steroid dienone is 4. The number of aryl methyl sites for hydroxylation is 2. The lowest BCUT2D eigenvalue weighted by Gasteiger charge is -2.42. The number of ketones is 1. The van der Waals surface area contributed by atoms with Crippen LogP contribution in [-0.4, -0.2) is 10.8 Å². The molecule has 3 nitrogen and oxygen atoms in total. The van der Waals surface area contributed by atoms with Gasteiger partial charge in [-0.25, -0.2) is 4.98 Å². The second kappa shape index (κ2) is 6.73. The van der Waals surface area contributed by atoms with E-state index in [1.165, 1.54) is 11.1 Å². The van der Waals surface area contributed by atoms with Gasteiger partial charge in [-0.05, 0) is 61.4 Å². The van der Waals surface area contributed by atoms with Crippen molar-refractivity contribution in [3.8, 4) is 0 Å². The number of carbonyl (C=O) groups excluding carboxylic acids is 1. The first kappa shape index (κ1) is 18.7. The van der Waals surface area contributed by atoms with Crippen molar-refractivity contribution in [1.29, 1.82) is 0 Å². The predicted molar refractivity (Wildman–Crippen MR) is 113 cm³/mol. The van der Waals surface area contributed by atoms with Gasteiger partial charge in [0.25, 0.3) is 0 Å². The van der Waals surface area contributed by atoms with Crippen LogP contribution in [0, 0.1) is 25.3 Å². The van der Waals surface area contributed by atoms with Crippen LogP contribution in [0.15, 0.2) is 59.6 Å². The van der Waals surface area contributed by atoms with Gasteiger partial charge in [0.2, 0.25) is 0 Å².